The van der Waals surface area contributed by atoms with Crippen molar-refractivity contribution in [1.29, 1.82) is 0 Å². The van der Waals surface area contributed by atoms with Gasteiger partial charge in [-0.1, -0.05) is 65.3 Å². The fourth-order valence-corrected chi connectivity index (χ4v) is 2.62. The molecular weight excluding hydrogens is 236 g/mol. The van der Waals surface area contributed by atoms with Crippen molar-refractivity contribution in [2.45, 2.75) is 64.7 Å². The molecule has 0 aromatic heterocycles. The number of hydrogen-bond acceptors (Lipinski definition) is 1. The fraction of sp³-hybridized carbons (Fsp3) is 0.588. The number of benzene rings is 1. The van der Waals surface area contributed by atoms with Crippen LogP contribution in [0.3, 0.4) is 0 Å². The first-order valence-corrected chi connectivity index (χ1v) is 7.12. The molecule has 1 unspecified atom stereocenters. The maximum absolute atomic E-state index is 11.8. The van der Waals surface area contributed by atoms with E-state index in [1.807, 2.05) is 26.0 Å². The van der Waals surface area contributed by atoms with Crippen LogP contribution in [0.25, 0.3) is 0 Å². The van der Waals surface area contributed by atoms with Crippen LogP contribution in [0, 0.1) is 0 Å². The number of hydrogen-bond donors (Lipinski definition) is 1. The lowest BCUT2D eigenvalue weighted by atomic mass is 9.73. The van der Waals surface area contributed by atoms with Crippen molar-refractivity contribution in [2.75, 3.05) is 0 Å². The van der Waals surface area contributed by atoms with E-state index in [9.17, 15) is 9.90 Å². The molecule has 1 aromatic rings. The summed E-state index contributed by atoms with van der Waals surface area (Å²) in [5.74, 6) is -0.706. The van der Waals surface area contributed by atoms with Crippen molar-refractivity contribution in [2.24, 2.45) is 0 Å². The van der Waals surface area contributed by atoms with Gasteiger partial charge in [0, 0.05) is 0 Å². The van der Waals surface area contributed by atoms with E-state index in [4.69, 9.17) is 0 Å². The van der Waals surface area contributed by atoms with Gasteiger partial charge in [0.15, 0.2) is 0 Å². The second kappa shape index (κ2) is 5.77. The van der Waals surface area contributed by atoms with Crippen molar-refractivity contribution in [3.63, 3.8) is 0 Å². The maximum Gasteiger partial charge on any atom is 0.314 e. The van der Waals surface area contributed by atoms with Crippen molar-refractivity contribution < 1.29 is 9.90 Å². The molecule has 0 radical (unpaired) electrons. The van der Waals surface area contributed by atoms with Crippen LogP contribution < -0.4 is 0 Å². The number of aliphatic carboxylic acids is 1. The minimum absolute atomic E-state index is 0.0419. The van der Waals surface area contributed by atoms with Crippen LogP contribution in [0.5, 0.6) is 0 Å². The van der Waals surface area contributed by atoms with Crippen molar-refractivity contribution in [1.82, 2.24) is 0 Å². The lowest BCUT2D eigenvalue weighted by molar-refractivity contribution is -0.144. The smallest absolute Gasteiger partial charge is 0.314 e. The lowest BCUT2D eigenvalue weighted by Gasteiger charge is -2.30. The number of carboxylic acids is 1. The van der Waals surface area contributed by atoms with Crippen molar-refractivity contribution >= 4 is 5.97 Å². The van der Waals surface area contributed by atoms with Crippen LogP contribution >= 0.6 is 0 Å². The molecule has 0 heterocycles. The molecule has 0 aliphatic heterocycles. The summed E-state index contributed by atoms with van der Waals surface area (Å²) in [5, 5.41) is 9.70. The van der Waals surface area contributed by atoms with Gasteiger partial charge in [0.1, 0.15) is 0 Å². The van der Waals surface area contributed by atoms with Crippen LogP contribution in [0.15, 0.2) is 24.3 Å². The summed E-state index contributed by atoms with van der Waals surface area (Å²) in [5.41, 5.74) is 1.44. The molecule has 1 aromatic carbocycles. The molecule has 0 bridgehead atoms. The Kier molecular flexibility index (Phi) is 4.78. The summed E-state index contributed by atoms with van der Waals surface area (Å²) in [6.45, 7) is 10.5. The Morgan fingerprint density at radius 3 is 2.16 bits per heavy atom. The summed E-state index contributed by atoms with van der Waals surface area (Å²) in [6.07, 6.45) is 2.19. The Morgan fingerprint density at radius 1 is 1.16 bits per heavy atom. The van der Waals surface area contributed by atoms with Gasteiger partial charge >= 0.3 is 5.97 Å². The summed E-state index contributed by atoms with van der Waals surface area (Å²) in [4.78, 5) is 11.8. The SMILES string of the molecule is CCCC(CC)(C(=O)O)c1cccc(C(C)(C)C)c1. The van der Waals surface area contributed by atoms with Gasteiger partial charge in [0.05, 0.1) is 5.41 Å². The van der Waals surface area contributed by atoms with Gasteiger partial charge in [-0.25, -0.2) is 0 Å². The molecule has 2 heteroatoms. The normalized spacial score (nSPS) is 15.0. The van der Waals surface area contributed by atoms with Crippen molar-refractivity contribution in [3.05, 3.63) is 35.4 Å². The second-order valence-electron chi connectivity index (χ2n) is 6.32. The second-order valence-corrected chi connectivity index (χ2v) is 6.32. The molecule has 0 saturated heterocycles. The highest BCUT2D eigenvalue weighted by Crippen LogP contribution is 2.35. The first-order valence-electron chi connectivity index (χ1n) is 7.12. The molecule has 0 amide bonds. The van der Waals surface area contributed by atoms with Gasteiger partial charge in [-0.3, -0.25) is 4.79 Å². The monoisotopic (exact) mass is 262 g/mol. The van der Waals surface area contributed by atoms with Crippen LogP contribution in [0.1, 0.15) is 65.0 Å². The molecule has 19 heavy (non-hydrogen) atoms. The molecule has 0 aliphatic carbocycles. The molecule has 1 rings (SSSR count). The third-order valence-electron chi connectivity index (χ3n) is 3.97. The number of carbonyl (C=O) groups is 1. The first-order chi connectivity index (χ1) is 8.78. The van der Waals surface area contributed by atoms with E-state index in [0.29, 0.717) is 12.8 Å². The predicted molar refractivity (Wildman–Crippen MR) is 79.7 cm³/mol. The fourth-order valence-electron chi connectivity index (χ4n) is 2.62. The third-order valence-corrected chi connectivity index (χ3v) is 3.97. The molecular formula is C17H26O2. The maximum atomic E-state index is 11.8. The van der Waals surface area contributed by atoms with Crippen LogP contribution in [-0.2, 0) is 15.6 Å². The van der Waals surface area contributed by atoms with Gasteiger partial charge in [-0.15, -0.1) is 0 Å². The third kappa shape index (κ3) is 3.17. The predicted octanol–water partition coefficient (Wildman–Crippen LogP) is 4.52. The summed E-state index contributed by atoms with van der Waals surface area (Å²) in [7, 11) is 0. The minimum atomic E-state index is -0.740. The Labute approximate surface area is 116 Å². The Bertz CT molecular complexity index is 443. The average molecular weight is 262 g/mol. The summed E-state index contributed by atoms with van der Waals surface area (Å²) in [6, 6.07) is 8.10. The zero-order valence-electron chi connectivity index (χ0n) is 12.8. The van der Waals surface area contributed by atoms with Gasteiger partial charge in [0.25, 0.3) is 0 Å². The lowest BCUT2D eigenvalue weighted by Crippen LogP contribution is -2.35. The largest absolute Gasteiger partial charge is 0.481 e. The van der Waals surface area contributed by atoms with Gasteiger partial charge < -0.3 is 5.11 Å². The van der Waals surface area contributed by atoms with Gasteiger partial charge in [0.2, 0.25) is 0 Å². The van der Waals surface area contributed by atoms with E-state index in [1.165, 1.54) is 5.56 Å². The molecule has 0 fully saturated rings. The summed E-state index contributed by atoms with van der Waals surface area (Å²) < 4.78 is 0. The molecule has 1 N–H and O–H groups in total. The Morgan fingerprint density at radius 2 is 1.74 bits per heavy atom. The van der Waals surface area contributed by atoms with E-state index < -0.39 is 11.4 Å². The Hall–Kier alpha value is -1.31. The zero-order valence-corrected chi connectivity index (χ0v) is 12.8. The number of rotatable bonds is 5. The van der Waals surface area contributed by atoms with E-state index in [1.54, 1.807) is 0 Å². The first kappa shape index (κ1) is 15.7. The highest BCUT2D eigenvalue weighted by molar-refractivity contribution is 5.81. The Balaban J connectivity index is 3.35. The molecule has 106 valence electrons. The summed E-state index contributed by atoms with van der Waals surface area (Å²) >= 11 is 0. The highest BCUT2D eigenvalue weighted by Gasteiger charge is 2.38. The van der Waals surface area contributed by atoms with E-state index in [0.717, 1.165) is 12.0 Å². The quantitative estimate of drug-likeness (QED) is 0.847. The molecule has 0 aliphatic rings. The molecule has 0 spiro atoms. The minimum Gasteiger partial charge on any atom is -0.481 e. The van der Waals surface area contributed by atoms with E-state index in [-0.39, 0.29) is 5.41 Å². The molecule has 2 nitrogen and oxygen atoms in total. The van der Waals surface area contributed by atoms with Gasteiger partial charge in [-0.2, -0.15) is 0 Å². The number of carboxylic acid groups (broad SMARTS) is 1. The van der Waals surface area contributed by atoms with E-state index >= 15 is 0 Å². The standard InChI is InChI=1S/C17H26O2/c1-6-11-17(7-2,15(18)19)14-10-8-9-13(12-14)16(3,4)5/h8-10,12H,6-7,11H2,1-5H3,(H,18,19). The topological polar surface area (TPSA) is 37.3 Å². The van der Waals surface area contributed by atoms with E-state index in [2.05, 4.69) is 32.9 Å². The average Bonchev–Trinajstić information content (AvgIpc) is 2.34. The van der Waals surface area contributed by atoms with Crippen LogP contribution in [0.4, 0.5) is 0 Å². The van der Waals surface area contributed by atoms with Crippen LogP contribution in [0.2, 0.25) is 0 Å². The van der Waals surface area contributed by atoms with Crippen molar-refractivity contribution in [3.8, 4) is 0 Å². The van der Waals surface area contributed by atoms with Gasteiger partial charge in [-0.05, 0) is 29.4 Å². The highest BCUT2D eigenvalue weighted by atomic mass is 16.4. The molecule has 1 atom stereocenters. The van der Waals surface area contributed by atoms with Crippen LogP contribution in [-0.4, -0.2) is 11.1 Å². The molecule has 0 saturated carbocycles. The zero-order chi connectivity index (χ0) is 14.7.